The van der Waals surface area contributed by atoms with Gasteiger partial charge in [-0.2, -0.15) is 0 Å². The maximum absolute atomic E-state index is 5.77. The number of rotatable bonds is 1. The van der Waals surface area contributed by atoms with Gasteiger partial charge in [0.2, 0.25) is 0 Å². The van der Waals surface area contributed by atoms with Gasteiger partial charge >= 0.3 is 0 Å². The molecular weight excluding hydrogens is 230 g/mol. The summed E-state index contributed by atoms with van der Waals surface area (Å²) in [6, 6.07) is 8.59. The van der Waals surface area contributed by atoms with Crippen LogP contribution in [0.4, 0.5) is 15.8 Å². The van der Waals surface area contributed by atoms with Crippen molar-refractivity contribution in [1.29, 1.82) is 0 Å². The molecule has 1 aliphatic rings. The molecule has 3 nitrogen and oxygen atoms in total. The molecule has 0 saturated heterocycles. The smallest absolute Gasteiger partial charge is 0.191 e. The number of anilines is 3. The van der Waals surface area contributed by atoms with E-state index in [1.54, 1.807) is 17.5 Å². The summed E-state index contributed by atoms with van der Waals surface area (Å²) in [6.07, 6.45) is 5.35. The predicted molar refractivity (Wildman–Crippen MR) is 72.9 cm³/mol. The molecule has 3 rings (SSSR count). The second kappa shape index (κ2) is 4.37. The molecule has 1 aromatic heterocycles. The third kappa shape index (κ3) is 2.00. The van der Waals surface area contributed by atoms with Gasteiger partial charge in [0.1, 0.15) is 5.00 Å². The highest BCUT2D eigenvalue weighted by atomic mass is 32.1. The molecule has 0 radical (unpaired) electrons. The SMILES string of the molecule is Nc1cnc(N2CCCCc3ccccc32)s1. The van der Waals surface area contributed by atoms with Gasteiger partial charge in [-0.3, -0.25) is 0 Å². The first kappa shape index (κ1) is 10.6. The van der Waals surface area contributed by atoms with Crippen molar-refractivity contribution in [2.24, 2.45) is 0 Å². The van der Waals surface area contributed by atoms with Gasteiger partial charge in [-0.25, -0.2) is 4.98 Å². The van der Waals surface area contributed by atoms with Crippen LogP contribution in [0.25, 0.3) is 0 Å². The predicted octanol–water partition coefficient (Wildman–Crippen LogP) is 3.20. The maximum atomic E-state index is 5.77. The first-order valence-corrected chi connectivity index (χ1v) is 6.73. The Hall–Kier alpha value is -1.55. The van der Waals surface area contributed by atoms with E-state index >= 15 is 0 Å². The average Bonchev–Trinajstić information content (AvgIpc) is 2.66. The van der Waals surface area contributed by atoms with Crippen LogP contribution in [0.5, 0.6) is 0 Å². The Morgan fingerprint density at radius 1 is 1.24 bits per heavy atom. The third-order valence-electron chi connectivity index (χ3n) is 3.10. The lowest BCUT2D eigenvalue weighted by molar-refractivity contribution is 0.760. The van der Waals surface area contributed by atoms with E-state index < -0.39 is 0 Å². The zero-order valence-electron chi connectivity index (χ0n) is 9.60. The standard InChI is InChI=1S/C13H15N3S/c14-12-9-15-13(17-12)16-8-4-3-6-10-5-1-2-7-11(10)16/h1-2,5,7,9H,3-4,6,8,14H2. The fraction of sp³-hybridized carbons (Fsp3) is 0.308. The number of hydrogen-bond donors (Lipinski definition) is 1. The van der Waals surface area contributed by atoms with Crippen molar-refractivity contribution >= 4 is 27.2 Å². The summed E-state index contributed by atoms with van der Waals surface area (Å²) in [6.45, 7) is 1.03. The highest BCUT2D eigenvalue weighted by molar-refractivity contribution is 7.19. The van der Waals surface area contributed by atoms with Crippen LogP contribution < -0.4 is 10.6 Å². The quantitative estimate of drug-likeness (QED) is 0.839. The molecule has 4 heteroatoms. The fourth-order valence-electron chi connectivity index (χ4n) is 2.29. The van der Waals surface area contributed by atoms with Crippen molar-refractivity contribution in [1.82, 2.24) is 4.98 Å². The molecule has 0 atom stereocenters. The van der Waals surface area contributed by atoms with E-state index in [1.807, 2.05) is 0 Å². The summed E-state index contributed by atoms with van der Waals surface area (Å²) in [5.41, 5.74) is 8.48. The van der Waals surface area contributed by atoms with E-state index in [-0.39, 0.29) is 0 Å². The highest BCUT2D eigenvalue weighted by Crippen LogP contribution is 2.35. The molecular formula is C13H15N3S. The number of aromatic nitrogens is 1. The van der Waals surface area contributed by atoms with Crippen molar-refractivity contribution in [2.75, 3.05) is 17.2 Å². The number of benzene rings is 1. The molecule has 0 amide bonds. The Balaban J connectivity index is 2.05. The number of nitrogens with two attached hydrogens (primary N) is 1. The number of para-hydroxylation sites is 1. The summed E-state index contributed by atoms with van der Waals surface area (Å²) < 4.78 is 0. The largest absolute Gasteiger partial charge is 0.389 e. The fourth-order valence-corrected chi connectivity index (χ4v) is 3.01. The lowest BCUT2D eigenvalue weighted by Crippen LogP contribution is -2.17. The van der Waals surface area contributed by atoms with Crippen molar-refractivity contribution in [2.45, 2.75) is 19.3 Å². The number of hydrogen-bond acceptors (Lipinski definition) is 4. The summed E-state index contributed by atoms with van der Waals surface area (Å²) >= 11 is 1.56. The summed E-state index contributed by atoms with van der Waals surface area (Å²) in [5.74, 6) is 0. The Morgan fingerprint density at radius 3 is 2.94 bits per heavy atom. The first-order valence-electron chi connectivity index (χ1n) is 5.91. The molecule has 0 saturated carbocycles. The van der Waals surface area contributed by atoms with Gasteiger partial charge in [0.15, 0.2) is 5.13 Å². The topological polar surface area (TPSA) is 42.1 Å². The zero-order chi connectivity index (χ0) is 11.7. The summed E-state index contributed by atoms with van der Waals surface area (Å²) in [5, 5.41) is 1.79. The number of aryl methyl sites for hydroxylation is 1. The molecule has 1 aliphatic heterocycles. The maximum Gasteiger partial charge on any atom is 0.191 e. The van der Waals surface area contributed by atoms with Gasteiger partial charge in [-0.05, 0) is 30.9 Å². The molecule has 0 aliphatic carbocycles. The van der Waals surface area contributed by atoms with E-state index in [2.05, 4.69) is 34.1 Å². The molecule has 17 heavy (non-hydrogen) atoms. The Kier molecular flexibility index (Phi) is 2.73. The Bertz CT molecular complexity index is 521. The summed E-state index contributed by atoms with van der Waals surface area (Å²) in [7, 11) is 0. The van der Waals surface area contributed by atoms with Crippen molar-refractivity contribution in [3.8, 4) is 0 Å². The lowest BCUT2D eigenvalue weighted by Gasteiger charge is -2.21. The van der Waals surface area contributed by atoms with Crippen LogP contribution in [-0.4, -0.2) is 11.5 Å². The molecule has 88 valence electrons. The first-order chi connectivity index (χ1) is 8.34. The second-order valence-corrected chi connectivity index (χ2v) is 5.32. The van der Waals surface area contributed by atoms with Crippen LogP contribution in [0, 0.1) is 0 Å². The number of nitrogen functional groups attached to an aromatic ring is 1. The molecule has 0 spiro atoms. The molecule has 2 heterocycles. The van der Waals surface area contributed by atoms with Gasteiger partial charge < -0.3 is 10.6 Å². The minimum Gasteiger partial charge on any atom is -0.389 e. The van der Waals surface area contributed by atoms with Crippen LogP contribution >= 0.6 is 11.3 Å². The highest BCUT2D eigenvalue weighted by Gasteiger charge is 2.18. The Morgan fingerprint density at radius 2 is 2.12 bits per heavy atom. The average molecular weight is 245 g/mol. The minimum absolute atomic E-state index is 0.779. The normalized spacial score (nSPS) is 15.4. The van der Waals surface area contributed by atoms with Gasteiger partial charge in [0.25, 0.3) is 0 Å². The monoisotopic (exact) mass is 245 g/mol. The molecule has 1 aromatic carbocycles. The second-order valence-electron chi connectivity index (χ2n) is 4.28. The van der Waals surface area contributed by atoms with Crippen molar-refractivity contribution in [3.63, 3.8) is 0 Å². The van der Waals surface area contributed by atoms with E-state index in [1.165, 1.54) is 24.1 Å². The van der Waals surface area contributed by atoms with Gasteiger partial charge in [0.05, 0.1) is 6.20 Å². The van der Waals surface area contributed by atoms with Crippen molar-refractivity contribution < 1.29 is 0 Å². The van der Waals surface area contributed by atoms with Crippen molar-refractivity contribution in [3.05, 3.63) is 36.0 Å². The minimum atomic E-state index is 0.779. The third-order valence-corrected chi connectivity index (χ3v) is 3.95. The van der Waals surface area contributed by atoms with E-state index in [4.69, 9.17) is 5.73 Å². The van der Waals surface area contributed by atoms with Crippen LogP contribution in [0.2, 0.25) is 0 Å². The summed E-state index contributed by atoms with van der Waals surface area (Å²) in [4.78, 5) is 6.69. The van der Waals surface area contributed by atoms with Gasteiger partial charge in [-0.1, -0.05) is 29.5 Å². The lowest BCUT2D eigenvalue weighted by atomic mass is 10.1. The zero-order valence-corrected chi connectivity index (χ0v) is 10.4. The van der Waals surface area contributed by atoms with Gasteiger partial charge in [0, 0.05) is 12.2 Å². The number of thiazole rings is 1. The molecule has 2 aromatic rings. The molecule has 0 unspecified atom stereocenters. The van der Waals surface area contributed by atoms with Gasteiger partial charge in [-0.15, -0.1) is 0 Å². The van der Waals surface area contributed by atoms with Crippen LogP contribution in [0.15, 0.2) is 30.5 Å². The van der Waals surface area contributed by atoms with Crippen LogP contribution in [-0.2, 0) is 6.42 Å². The Labute approximate surface area is 105 Å². The van der Waals surface area contributed by atoms with E-state index in [0.717, 1.165) is 23.1 Å². The van der Waals surface area contributed by atoms with E-state index in [9.17, 15) is 0 Å². The van der Waals surface area contributed by atoms with Crippen LogP contribution in [0.3, 0.4) is 0 Å². The molecule has 2 N–H and O–H groups in total. The van der Waals surface area contributed by atoms with E-state index in [0.29, 0.717) is 0 Å². The molecule has 0 bridgehead atoms. The van der Waals surface area contributed by atoms with Crippen LogP contribution in [0.1, 0.15) is 18.4 Å². The molecule has 0 fully saturated rings. The number of fused-ring (bicyclic) bond motifs is 1. The number of nitrogens with zero attached hydrogens (tertiary/aromatic N) is 2.